The molecule has 1 fully saturated rings. The molecule has 2 heterocycles. The van der Waals surface area contributed by atoms with Gasteiger partial charge in [-0.15, -0.1) is 0 Å². The largest absolute Gasteiger partial charge is 0.472 e. The predicted molar refractivity (Wildman–Crippen MR) is 86.3 cm³/mol. The van der Waals surface area contributed by atoms with Crippen LogP contribution in [0.4, 0.5) is 0 Å². The molecule has 0 saturated carbocycles. The molecule has 120 valence electrons. The van der Waals surface area contributed by atoms with Crippen molar-refractivity contribution in [3.63, 3.8) is 0 Å². The smallest absolute Gasteiger partial charge is 0.254 e. The highest BCUT2D eigenvalue weighted by Crippen LogP contribution is 2.17. The molecule has 3 rings (SSSR count). The van der Waals surface area contributed by atoms with Gasteiger partial charge < -0.3 is 14.4 Å². The highest BCUT2D eigenvalue weighted by molar-refractivity contribution is 5.94. The normalized spacial score (nSPS) is 17.0. The standard InChI is InChI=1S/C18H20N2O3/c1-20(12-14-5-3-2-4-6-14)18(21)15-7-9-19-17(11-15)23-16-8-10-22-13-16/h2-7,9,11,16H,8,10,12-13H2,1H3. The van der Waals surface area contributed by atoms with Crippen LogP contribution in [0.3, 0.4) is 0 Å². The Kier molecular flexibility index (Phi) is 4.88. The third-order valence-electron chi connectivity index (χ3n) is 3.77. The topological polar surface area (TPSA) is 51.7 Å². The molecule has 0 bridgehead atoms. The summed E-state index contributed by atoms with van der Waals surface area (Å²) >= 11 is 0. The second kappa shape index (κ2) is 7.24. The van der Waals surface area contributed by atoms with E-state index in [2.05, 4.69) is 4.98 Å². The molecule has 23 heavy (non-hydrogen) atoms. The van der Waals surface area contributed by atoms with Crippen LogP contribution < -0.4 is 4.74 Å². The van der Waals surface area contributed by atoms with Gasteiger partial charge >= 0.3 is 0 Å². The minimum absolute atomic E-state index is 0.0231. The maximum atomic E-state index is 12.6. The third kappa shape index (κ3) is 4.07. The minimum atomic E-state index is -0.0521. The molecule has 0 radical (unpaired) electrons. The van der Waals surface area contributed by atoms with Crippen molar-refractivity contribution < 1.29 is 14.3 Å². The second-order valence-electron chi connectivity index (χ2n) is 5.63. The predicted octanol–water partition coefficient (Wildman–Crippen LogP) is 2.52. The minimum Gasteiger partial charge on any atom is -0.472 e. The zero-order chi connectivity index (χ0) is 16.1. The fourth-order valence-corrected chi connectivity index (χ4v) is 2.53. The first kappa shape index (κ1) is 15.5. The molecular formula is C18H20N2O3. The lowest BCUT2D eigenvalue weighted by atomic mass is 10.2. The first-order chi connectivity index (χ1) is 11.2. The molecule has 5 heteroatoms. The van der Waals surface area contributed by atoms with Crippen molar-refractivity contribution in [1.29, 1.82) is 0 Å². The van der Waals surface area contributed by atoms with E-state index in [1.54, 1.807) is 30.3 Å². The van der Waals surface area contributed by atoms with E-state index in [0.29, 0.717) is 31.2 Å². The van der Waals surface area contributed by atoms with Crippen LogP contribution in [0.5, 0.6) is 5.88 Å². The Morgan fingerprint density at radius 2 is 2.17 bits per heavy atom. The molecule has 5 nitrogen and oxygen atoms in total. The van der Waals surface area contributed by atoms with Gasteiger partial charge in [-0.25, -0.2) is 4.98 Å². The van der Waals surface area contributed by atoms with Crippen LogP contribution in [0.25, 0.3) is 0 Å². The van der Waals surface area contributed by atoms with E-state index in [-0.39, 0.29) is 12.0 Å². The highest BCUT2D eigenvalue weighted by atomic mass is 16.5. The third-order valence-corrected chi connectivity index (χ3v) is 3.77. The van der Waals surface area contributed by atoms with E-state index < -0.39 is 0 Å². The number of rotatable bonds is 5. The van der Waals surface area contributed by atoms with E-state index in [9.17, 15) is 4.79 Å². The molecule has 1 atom stereocenters. The lowest BCUT2D eigenvalue weighted by Crippen LogP contribution is -2.26. The molecule has 1 aromatic carbocycles. The van der Waals surface area contributed by atoms with E-state index in [4.69, 9.17) is 9.47 Å². The van der Waals surface area contributed by atoms with E-state index >= 15 is 0 Å². The average molecular weight is 312 g/mol. The Balaban J connectivity index is 1.66. The number of ether oxygens (including phenoxy) is 2. The molecule has 1 aliphatic heterocycles. The molecule has 0 N–H and O–H groups in total. The number of hydrogen-bond acceptors (Lipinski definition) is 4. The summed E-state index contributed by atoms with van der Waals surface area (Å²) in [6.45, 7) is 1.85. The number of nitrogens with zero attached hydrogens (tertiary/aromatic N) is 2. The zero-order valence-corrected chi connectivity index (χ0v) is 13.1. The van der Waals surface area contributed by atoms with Crippen molar-refractivity contribution in [2.75, 3.05) is 20.3 Å². The van der Waals surface area contributed by atoms with Crippen molar-refractivity contribution in [2.24, 2.45) is 0 Å². The number of carbonyl (C=O) groups excluding carboxylic acids is 1. The lowest BCUT2D eigenvalue weighted by Gasteiger charge is -2.18. The van der Waals surface area contributed by atoms with Gasteiger partial charge in [0.1, 0.15) is 6.10 Å². The summed E-state index contributed by atoms with van der Waals surface area (Å²) in [4.78, 5) is 18.4. The fourth-order valence-electron chi connectivity index (χ4n) is 2.53. The first-order valence-corrected chi connectivity index (χ1v) is 7.72. The Morgan fingerprint density at radius 1 is 1.35 bits per heavy atom. The van der Waals surface area contributed by atoms with Gasteiger partial charge in [0.15, 0.2) is 0 Å². The number of carbonyl (C=O) groups is 1. The van der Waals surface area contributed by atoms with Crippen LogP contribution in [-0.2, 0) is 11.3 Å². The van der Waals surface area contributed by atoms with Crippen molar-refractivity contribution in [3.05, 3.63) is 59.8 Å². The number of aromatic nitrogens is 1. The monoisotopic (exact) mass is 312 g/mol. The van der Waals surface area contributed by atoms with Crippen molar-refractivity contribution >= 4 is 5.91 Å². The average Bonchev–Trinajstić information content (AvgIpc) is 3.08. The molecule has 1 aliphatic rings. The van der Waals surface area contributed by atoms with Crippen LogP contribution in [0.15, 0.2) is 48.7 Å². The molecular weight excluding hydrogens is 292 g/mol. The maximum Gasteiger partial charge on any atom is 0.254 e. The fraction of sp³-hybridized carbons (Fsp3) is 0.333. The number of hydrogen-bond donors (Lipinski definition) is 0. The van der Waals surface area contributed by atoms with Gasteiger partial charge in [-0.2, -0.15) is 0 Å². The van der Waals surface area contributed by atoms with Gasteiger partial charge in [-0.3, -0.25) is 4.79 Å². The molecule has 1 unspecified atom stereocenters. The lowest BCUT2D eigenvalue weighted by molar-refractivity contribution is 0.0783. The Morgan fingerprint density at radius 3 is 2.91 bits per heavy atom. The zero-order valence-electron chi connectivity index (χ0n) is 13.1. The van der Waals surface area contributed by atoms with Gasteiger partial charge in [0.05, 0.1) is 13.2 Å². The van der Waals surface area contributed by atoms with Gasteiger partial charge in [-0.05, 0) is 11.6 Å². The molecule has 0 aliphatic carbocycles. The summed E-state index contributed by atoms with van der Waals surface area (Å²) in [5, 5.41) is 0. The number of pyridine rings is 1. The van der Waals surface area contributed by atoms with Gasteiger partial charge in [-0.1, -0.05) is 30.3 Å². The number of benzene rings is 1. The van der Waals surface area contributed by atoms with Gasteiger partial charge in [0.25, 0.3) is 5.91 Å². The summed E-state index contributed by atoms with van der Waals surface area (Å²) in [5.41, 5.74) is 1.67. The number of amides is 1. The summed E-state index contributed by atoms with van der Waals surface area (Å²) in [6.07, 6.45) is 2.48. The molecule has 1 aromatic heterocycles. The SMILES string of the molecule is CN(Cc1ccccc1)C(=O)c1ccnc(OC2CCOC2)c1. The van der Waals surface area contributed by atoms with E-state index in [1.165, 1.54) is 0 Å². The quantitative estimate of drug-likeness (QED) is 0.851. The second-order valence-corrected chi connectivity index (χ2v) is 5.63. The Hall–Kier alpha value is -2.40. The van der Waals surface area contributed by atoms with E-state index in [1.807, 2.05) is 30.3 Å². The van der Waals surface area contributed by atoms with Gasteiger partial charge in [0.2, 0.25) is 5.88 Å². The molecule has 0 spiro atoms. The molecule has 2 aromatic rings. The van der Waals surface area contributed by atoms with Crippen molar-refractivity contribution in [2.45, 2.75) is 19.1 Å². The summed E-state index contributed by atoms with van der Waals surface area (Å²) < 4.78 is 11.0. The van der Waals surface area contributed by atoms with Crippen LogP contribution in [0, 0.1) is 0 Å². The van der Waals surface area contributed by atoms with Crippen molar-refractivity contribution in [3.8, 4) is 5.88 Å². The molecule has 1 saturated heterocycles. The highest BCUT2D eigenvalue weighted by Gasteiger charge is 2.19. The Bertz CT molecular complexity index is 654. The van der Waals surface area contributed by atoms with Crippen LogP contribution >= 0.6 is 0 Å². The van der Waals surface area contributed by atoms with Crippen LogP contribution in [0.2, 0.25) is 0 Å². The summed E-state index contributed by atoms with van der Waals surface area (Å²) in [7, 11) is 1.79. The first-order valence-electron chi connectivity index (χ1n) is 7.72. The Labute approximate surface area is 135 Å². The van der Waals surface area contributed by atoms with Crippen LogP contribution in [0.1, 0.15) is 22.3 Å². The maximum absolute atomic E-state index is 12.6. The van der Waals surface area contributed by atoms with Crippen molar-refractivity contribution in [1.82, 2.24) is 9.88 Å². The van der Waals surface area contributed by atoms with Gasteiger partial charge in [0, 0.05) is 37.8 Å². The molecule has 1 amide bonds. The summed E-state index contributed by atoms with van der Waals surface area (Å²) in [6, 6.07) is 13.3. The van der Waals surface area contributed by atoms with Crippen LogP contribution in [-0.4, -0.2) is 42.2 Å². The summed E-state index contributed by atoms with van der Waals surface area (Å²) in [5.74, 6) is 0.420. The van der Waals surface area contributed by atoms with E-state index in [0.717, 1.165) is 12.0 Å².